The first-order valence-electron chi connectivity index (χ1n) is 4.47. The zero-order chi connectivity index (χ0) is 8.97. The van der Waals surface area contributed by atoms with Crippen molar-refractivity contribution in [2.24, 2.45) is 0 Å². The minimum atomic E-state index is -0.0908. The molecule has 0 spiro atoms. The lowest BCUT2D eigenvalue weighted by Crippen LogP contribution is -2.17. The fourth-order valence-corrected chi connectivity index (χ4v) is 2.92. The van der Waals surface area contributed by atoms with Gasteiger partial charge in [0.2, 0.25) is 0 Å². The van der Waals surface area contributed by atoms with Crippen molar-refractivity contribution in [2.75, 3.05) is 7.11 Å². The second-order valence-electron chi connectivity index (χ2n) is 3.21. The maximum absolute atomic E-state index is 11.1. The Labute approximate surface area is 78.1 Å². The highest BCUT2D eigenvalue weighted by molar-refractivity contribution is 8.01. The topological polar surface area (TPSA) is 26.3 Å². The van der Waals surface area contributed by atoms with Gasteiger partial charge in [0.05, 0.1) is 12.4 Å². The molecule has 1 aliphatic rings. The van der Waals surface area contributed by atoms with Crippen LogP contribution in [-0.4, -0.2) is 23.6 Å². The second-order valence-corrected chi connectivity index (χ2v) is 4.85. The van der Waals surface area contributed by atoms with Gasteiger partial charge in [-0.05, 0) is 19.8 Å². The molecule has 1 unspecified atom stereocenters. The summed E-state index contributed by atoms with van der Waals surface area (Å²) in [6.07, 6.45) is 5.19. The van der Waals surface area contributed by atoms with Gasteiger partial charge in [0.1, 0.15) is 0 Å². The second kappa shape index (κ2) is 4.75. The molecule has 0 aromatic heterocycles. The van der Waals surface area contributed by atoms with Gasteiger partial charge in [0, 0.05) is 5.25 Å². The minimum absolute atomic E-state index is 0.0121. The van der Waals surface area contributed by atoms with Crippen LogP contribution in [0.25, 0.3) is 0 Å². The van der Waals surface area contributed by atoms with Crippen LogP contribution >= 0.6 is 11.8 Å². The van der Waals surface area contributed by atoms with E-state index in [-0.39, 0.29) is 11.2 Å². The SMILES string of the molecule is COC(=O)C(C)SC1CCCC1. The molecule has 0 radical (unpaired) electrons. The Balaban J connectivity index is 2.24. The summed E-state index contributed by atoms with van der Waals surface area (Å²) in [5.41, 5.74) is 0. The molecule has 1 aliphatic carbocycles. The first-order chi connectivity index (χ1) is 5.74. The molecule has 0 aromatic carbocycles. The summed E-state index contributed by atoms with van der Waals surface area (Å²) in [6, 6.07) is 0. The molecule has 0 aromatic rings. The van der Waals surface area contributed by atoms with E-state index in [2.05, 4.69) is 4.74 Å². The van der Waals surface area contributed by atoms with E-state index in [0.29, 0.717) is 5.25 Å². The average molecular weight is 188 g/mol. The van der Waals surface area contributed by atoms with Gasteiger partial charge in [-0.25, -0.2) is 0 Å². The lowest BCUT2D eigenvalue weighted by Gasteiger charge is -2.13. The van der Waals surface area contributed by atoms with Crippen LogP contribution in [0.15, 0.2) is 0 Å². The van der Waals surface area contributed by atoms with E-state index in [1.807, 2.05) is 6.92 Å². The maximum Gasteiger partial charge on any atom is 0.318 e. The van der Waals surface area contributed by atoms with Crippen LogP contribution in [-0.2, 0) is 9.53 Å². The third kappa shape index (κ3) is 2.70. The molecule has 1 atom stereocenters. The highest BCUT2D eigenvalue weighted by Crippen LogP contribution is 2.32. The quantitative estimate of drug-likeness (QED) is 0.635. The fourth-order valence-electron chi connectivity index (χ4n) is 1.53. The number of methoxy groups -OCH3 is 1. The Morgan fingerprint density at radius 2 is 2.08 bits per heavy atom. The van der Waals surface area contributed by atoms with Crippen molar-refractivity contribution in [1.82, 2.24) is 0 Å². The summed E-state index contributed by atoms with van der Waals surface area (Å²) in [6.45, 7) is 1.93. The van der Waals surface area contributed by atoms with Crippen molar-refractivity contribution < 1.29 is 9.53 Å². The van der Waals surface area contributed by atoms with Crippen LogP contribution in [0.1, 0.15) is 32.6 Å². The third-order valence-corrected chi connectivity index (χ3v) is 3.69. The van der Waals surface area contributed by atoms with Crippen molar-refractivity contribution in [1.29, 1.82) is 0 Å². The van der Waals surface area contributed by atoms with Gasteiger partial charge in [-0.15, -0.1) is 11.8 Å². The summed E-state index contributed by atoms with van der Waals surface area (Å²) in [7, 11) is 1.45. The summed E-state index contributed by atoms with van der Waals surface area (Å²) in [5.74, 6) is -0.0908. The van der Waals surface area contributed by atoms with E-state index in [1.165, 1.54) is 32.8 Å². The number of ether oxygens (including phenoxy) is 1. The zero-order valence-electron chi connectivity index (χ0n) is 7.71. The van der Waals surface area contributed by atoms with Crippen molar-refractivity contribution in [3.63, 3.8) is 0 Å². The summed E-state index contributed by atoms with van der Waals surface area (Å²) < 4.78 is 4.66. The van der Waals surface area contributed by atoms with Crippen LogP contribution in [0.4, 0.5) is 0 Å². The highest BCUT2D eigenvalue weighted by atomic mass is 32.2. The van der Waals surface area contributed by atoms with Gasteiger partial charge in [-0.3, -0.25) is 4.79 Å². The average Bonchev–Trinajstić information content (AvgIpc) is 2.55. The van der Waals surface area contributed by atoms with Crippen LogP contribution in [0.3, 0.4) is 0 Å². The molecule has 0 saturated heterocycles. The molecule has 12 heavy (non-hydrogen) atoms. The van der Waals surface area contributed by atoms with Gasteiger partial charge < -0.3 is 4.74 Å². The molecule has 1 fully saturated rings. The minimum Gasteiger partial charge on any atom is -0.468 e. The van der Waals surface area contributed by atoms with Crippen molar-refractivity contribution >= 4 is 17.7 Å². The highest BCUT2D eigenvalue weighted by Gasteiger charge is 2.22. The monoisotopic (exact) mass is 188 g/mol. The first-order valence-corrected chi connectivity index (χ1v) is 5.41. The van der Waals surface area contributed by atoms with Crippen LogP contribution in [0.5, 0.6) is 0 Å². The molecular formula is C9H16O2S. The van der Waals surface area contributed by atoms with Gasteiger partial charge in [0.25, 0.3) is 0 Å². The number of carbonyl (C=O) groups is 1. The summed E-state index contributed by atoms with van der Waals surface area (Å²) >= 11 is 1.77. The molecule has 0 amide bonds. The van der Waals surface area contributed by atoms with E-state index < -0.39 is 0 Å². The van der Waals surface area contributed by atoms with Crippen molar-refractivity contribution in [3.05, 3.63) is 0 Å². The summed E-state index contributed by atoms with van der Waals surface area (Å²) in [4.78, 5) is 11.1. The Hall–Kier alpha value is -0.180. The number of carbonyl (C=O) groups excluding carboxylic acids is 1. The van der Waals surface area contributed by atoms with Crippen LogP contribution in [0.2, 0.25) is 0 Å². The molecule has 70 valence electrons. The Kier molecular flexibility index (Phi) is 3.92. The van der Waals surface area contributed by atoms with E-state index in [4.69, 9.17) is 0 Å². The molecule has 0 heterocycles. The maximum atomic E-state index is 11.1. The molecule has 1 saturated carbocycles. The molecular weight excluding hydrogens is 172 g/mol. The predicted octanol–water partition coefficient (Wildman–Crippen LogP) is 2.22. The normalized spacial score (nSPS) is 20.8. The van der Waals surface area contributed by atoms with E-state index in [0.717, 1.165) is 0 Å². The van der Waals surface area contributed by atoms with Gasteiger partial charge in [0.15, 0.2) is 0 Å². The Morgan fingerprint density at radius 3 is 2.58 bits per heavy atom. The molecule has 2 nitrogen and oxygen atoms in total. The summed E-state index contributed by atoms with van der Waals surface area (Å²) in [5, 5.41) is 0.706. The van der Waals surface area contributed by atoms with E-state index in [9.17, 15) is 4.79 Å². The molecule has 1 rings (SSSR count). The van der Waals surface area contributed by atoms with Crippen molar-refractivity contribution in [3.8, 4) is 0 Å². The van der Waals surface area contributed by atoms with E-state index in [1.54, 1.807) is 11.8 Å². The number of hydrogen-bond acceptors (Lipinski definition) is 3. The Bertz CT molecular complexity index is 153. The number of esters is 1. The molecule has 0 bridgehead atoms. The molecule has 0 aliphatic heterocycles. The standard InChI is InChI=1S/C9H16O2S/c1-7(9(10)11-2)12-8-5-3-4-6-8/h7-8H,3-6H2,1-2H3. The van der Waals surface area contributed by atoms with Crippen LogP contribution < -0.4 is 0 Å². The third-order valence-electron chi connectivity index (χ3n) is 2.23. The molecule has 0 N–H and O–H groups in total. The number of rotatable bonds is 3. The lowest BCUT2D eigenvalue weighted by molar-refractivity contribution is -0.139. The van der Waals surface area contributed by atoms with Gasteiger partial charge in [-0.2, -0.15) is 0 Å². The first kappa shape index (κ1) is 9.90. The van der Waals surface area contributed by atoms with Crippen LogP contribution in [0, 0.1) is 0 Å². The zero-order valence-corrected chi connectivity index (χ0v) is 8.52. The smallest absolute Gasteiger partial charge is 0.318 e. The lowest BCUT2D eigenvalue weighted by atomic mass is 10.4. The number of hydrogen-bond donors (Lipinski definition) is 0. The van der Waals surface area contributed by atoms with E-state index >= 15 is 0 Å². The fraction of sp³-hybridized carbons (Fsp3) is 0.889. The van der Waals surface area contributed by atoms with Gasteiger partial charge in [-0.1, -0.05) is 12.8 Å². The number of thioether (sulfide) groups is 1. The Morgan fingerprint density at radius 1 is 1.50 bits per heavy atom. The molecule has 3 heteroatoms. The predicted molar refractivity (Wildman–Crippen MR) is 51.3 cm³/mol. The van der Waals surface area contributed by atoms with Gasteiger partial charge >= 0.3 is 5.97 Å². The largest absolute Gasteiger partial charge is 0.468 e. The van der Waals surface area contributed by atoms with Crippen molar-refractivity contribution in [2.45, 2.75) is 43.1 Å².